The molecule has 1 unspecified atom stereocenters. The highest BCUT2D eigenvalue weighted by Gasteiger charge is 2.12. The highest BCUT2D eigenvalue weighted by Crippen LogP contribution is 2.13. The van der Waals surface area contributed by atoms with E-state index in [0.29, 0.717) is 13.2 Å². The van der Waals surface area contributed by atoms with Gasteiger partial charge in [0.1, 0.15) is 18.5 Å². The van der Waals surface area contributed by atoms with Crippen molar-refractivity contribution in [2.24, 2.45) is 0 Å². The van der Waals surface area contributed by atoms with Crippen LogP contribution in [0.3, 0.4) is 0 Å². The summed E-state index contributed by atoms with van der Waals surface area (Å²) in [5.41, 5.74) is 2.26. The Morgan fingerprint density at radius 2 is 2.19 bits per heavy atom. The zero-order valence-electron chi connectivity index (χ0n) is 12.7. The SMILES string of the molecule is CCN(Cc1ccoc1)CC(O)COc1cccc(C)c1. The number of aliphatic hydroxyl groups excluding tert-OH is 1. The first-order valence-electron chi connectivity index (χ1n) is 7.28. The Balaban J connectivity index is 1.78. The molecule has 0 bridgehead atoms. The number of nitrogens with zero attached hydrogens (tertiary/aromatic N) is 1. The maximum atomic E-state index is 10.1. The van der Waals surface area contributed by atoms with E-state index in [4.69, 9.17) is 9.15 Å². The van der Waals surface area contributed by atoms with Gasteiger partial charge in [-0.3, -0.25) is 4.90 Å². The van der Waals surface area contributed by atoms with Crippen LogP contribution in [0, 0.1) is 6.92 Å². The Morgan fingerprint density at radius 1 is 1.33 bits per heavy atom. The molecule has 1 aromatic heterocycles. The molecule has 0 saturated carbocycles. The zero-order valence-corrected chi connectivity index (χ0v) is 12.7. The minimum atomic E-state index is -0.516. The predicted molar refractivity (Wildman–Crippen MR) is 82.3 cm³/mol. The zero-order chi connectivity index (χ0) is 15.1. The molecule has 2 rings (SSSR count). The molecule has 114 valence electrons. The molecule has 0 radical (unpaired) electrons. The number of hydrogen-bond donors (Lipinski definition) is 1. The van der Waals surface area contributed by atoms with Crippen LogP contribution in [0.4, 0.5) is 0 Å². The van der Waals surface area contributed by atoms with E-state index in [0.717, 1.165) is 30.0 Å². The van der Waals surface area contributed by atoms with Gasteiger partial charge in [-0.1, -0.05) is 19.1 Å². The topological polar surface area (TPSA) is 45.8 Å². The van der Waals surface area contributed by atoms with Crippen LogP contribution < -0.4 is 4.74 Å². The third-order valence-corrected chi connectivity index (χ3v) is 3.33. The fraction of sp³-hybridized carbons (Fsp3) is 0.412. The summed E-state index contributed by atoms with van der Waals surface area (Å²) in [6, 6.07) is 9.79. The van der Waals surface area contributed by atoms with E-state index in [1.807, 2.05) is 37.3 Å². The Morgan fingerprint density at radius 3 is 2.86 bits per heavy atom. The summed E-state index contributed by atoms with van der Waals surface area (Å²) in [4.78, 5) is 2.16. The molecular weight excluding hydrogens is 266 g/mol. The summed E-state index contributed by atoms with van der Waals surface area (Å²) in [6.07, 6.45) is 2.89. The summed E-state index contributed by atoms with van der Waals surface area (Å²) in [6.45, 7) is 6.61. The summed E-state index contributed by atoms with van der Waals surface area (Å²) in [5, 5.41) is 10.1. The van der Waals surface area contributed by atoms with Crippen LogP contribution in [-0.2, 0) is 6.54 Å². The van der Waals surface area contributed by atoms with Crippen LogP contribution >= 0.6 is 0 Å². The minimum absolute atomic E-state index is 0.297. The first-order valence-corrected chi connectivity index (χ1v) is 7.28. The highest BCUT2D eigenvalue weighted by atomic mass is 16.5. The van der Waals surface area contributed by atoms with Gasteiger partial charge in [0.2, 0.25) is 0 Å². The summed E-state index contributed by atoms with van der Waals surface area (Å²) >= 11 is 0. The fourth-order valence-corrected chi connectivity index (χ4v) is 2.19. The number of aryl methyl sites for hydroxylation is 1. The molecule has 4 heteroatoms. The van der Waals surface area contributed by atoms with Crippen molar-refractivity contribution in [3.8, 4) is 5.75 Å². The molecule has 4 nitrogen and oxygen atoms in total. The smallest absolute Gasteiger partial charge is 0.119 e. The van der Waals surface area contributed by atoms with E-state index >= 15 is 0 Å². The van der Waals surface area contributed by atoms with E-state index in [-0.39, 0.29) is 0 Å². The van der Waals surface area contributed by atoms with Gasteiger partial charge in [-0.25, -0.2) is 0 Å². The van der Waals surface area contributed by atoms with Crippen molar-refractivity contribution < 1.29 is 14.3 Å². The first kappa shape index (κ1) is 15.6. The lowest BCUT2D eigenvalue weighted by Crippen LogP contribution is -2.35. The van der Waals surface area contributed by atoms with Gasteiger partial charge in [0, 0.05) is 18.7 Å². The van der Waals surface area contributed by atoms with Gasteiger partial charge >= 0.3 is 0 Å². The molecule has 1 atom stereocenters. The maximum Gasteiger partial charge on any atom is 0.119 e. The van der Waals surface area contributed by atoms with Crippen molar-refractivity contribution in [3.05, 3.63) is 54.0 Å². The molecule has 1 aromatic carbocycles. The lowest BCUT2D eigenvalue weighted by Gasteiger charge is -2.23. The standard InChI is InChI=1S/C17H23NO3/c1-3-18(10-15-7-8-20-12-15)11-16(19)13-21-17-6-4-5-14(2)9-17/h4-9,12,16,19H,3,10-11,13H2,1-2H3. The second-order valence-corrected chi connectivity index (χ2v) is 5.24. The minimum Gasteiger partial charge on any atom is -0.491 e. The van der Waals surface area contributed by atoms with E-state index in [1.165, 1.54) is 0 Å². The molecule has 2 aromatic rings. The lowest BCUT2D eigenvalue weighted by molar-refractivity contribution is 0.0674. The van der Waals surface area contributed by atoms with Crippen LogP contribution in [-0.4, -0.2) is 35.8 Å². The number of ether oxygens (including phenoxy) is 1. The first-order chi connectivity index (χ1) is 10.2. The number of benzene rings is 1. The molecule has 0 aliphatic carbocycles. The van der Waals surface area contributed by atoms with Crippen LogP contribution in [0.15, 0.2) is 47.3 Å². The Bertz CT molecular complexity index is 525. The van der Waals surface area contributed by atoms with Crippen LogP contribution in [0.5, 0.6) is 5.75 Å². The summed E-state index contributed by atoms with van der Waals surface area (Å²) in [7, 11) is 0. The van der Waals surface area contributed by atoms with Crippen molar-refractivity contribution >= 4 is 0 Å². The van der Waals surface area contributed by atoms with Crippen LogP contribution in [0.1, 0.15) is 18.1 Å². The quantitative estimate of drug-likeness (QED) is 0.811. The Hall–Kier alpha value is -1.78. The summed E-state index contributed by atoms with van der Waals surface area (Å²) in [5.74, 6) is 0.798. The number of likely N-dealkylation sites (N-methyl/N-ethyl adjacent to an activating group) is 1. The Kier molecular flexibility index (Phi) is 5.84. The molecule has 0 saturated heterocycles. The second-order valence-electron chi connectivity index (χ2n) is 5.24. The van der Waals surface area contributed by atoms with Crippen LogP contribution in [0.2, 0.25) is 0 Å². The van der Waals surface area contributed by atoms with E-state index in [1.54, 1.807) is 12.5 Å². The van der Waals surface area contributed by atoms with Crippen LogP contribution in [0.25, 0.3) is 0 Å². The third kappa shape index (κ3) is 5.25. The van der Waals surface area contributed by atoms with Gasteiger partial charge in [0.05, 0.1) is 12.5 Å². The molecule has 21 heavy (non-hydrogen) atoms. The van der Waals surface area contributed by atoms with Crippen molar-refractivity contribution in [1.29, 1.82) is 0 Å². The van der Waals surface area contributed by atoms with Gasteiger partial charge < -0.3 is 14.3 Å². The van der Waals surface area contributed by atoms with Crippen molar-refractivity contribution in [2.75, 3.05) is 19.7 Å². The normalized spacial score (nSPS) is 12.6. The molecular formula is C17H23NO3. The van der Waals surface area contributed by atoms with Gasteiger partial charge in [-0.05, 0) is 37.2 Å². The largest absolute Gasteiger partial charge is 0.491 e. The second kappa shape index (κ2) is 7.86. The van der Waals surface area contributed by atoms with Crippen molar-refractivity contribution in [1.82, 2.24) is 4.90 Å². The number of rotatable bonds is 8. The van der Waals surface area contributed by atoms with E-state index in [9.17, 15) is 5.11 Å². The molecule has 1 N–H and O–H groups in total. The van der Waals surface area contributed by atoms with Crippen molar-refractivity contribution in [3.63, 3.8) is 0 Å². The molecule has 1 heterocycles. The Labute approximate surface area is 126 Å². The summed E-state index contributed by atoms with van der Waals surface area (Å²) < 4.78 is 10.7. The molecule has 0 aliphatic rings. The van der Waals surface area contributed by atoms with E-state index in [2.05, 4.69) is 11.8 Å². The molecule has 0 aliphatic heterocycles. The molecule has 0 amide bonds. The van der Waals surface area contributed by atoms with Gasteiger partial charge in [0.15, 0.2) is 0 Å². The van der Waals surface area contributed by atoms with E-state index < -0.39 is 6.10 Å². The average Bonchev–Trinajstić information content (AvgIpc) is 2.97. The maximum absolute atomic E-state index is 10.1. The average molecular weight is 289 g/mol. The number of aliphatic hydroxyl groups is 1. The number of hydrogen-bond acceptors (Lipinski definition) is 4. The highest BCUT2D eigenvalue weighted by molar-refractivity contribution is 5.27. The number of furan rings is 1. The van der Waals surface area contributed by atoms with Crippen molar-refractivity contribution in [2.45, 2.75) is 26.5 Å². The lowest BCUT2D eigenvalue weighted by atomic mass is 10.2. The van der Waals surface area contributed by atoms with Gasteiger partial charge in [0.25, 0.3) is 0 Å². The van der Waals surface area contributed by atoms with Gasteiger partial charge in [-0.2, -0.15) is 0 Å². The molecule has 0 spiro atoms. The third-order valence-electron chi connectivity index (χ3n) is 3.33. The fourth-order valence-electron chi connectivity index (χ4n) is 2.19. The predicted octanol–water partition coefficient (Wildman–Crippen LogP) is 2.85. The molecule has 0 fully saturated rings. The monoisotopic (exact) mass is 289 g/mol. The van der Waals surface area contributed by atoms with Gasteiger partial charge in [-0.15, -0.1) is 0 Å².